The summed E-state index contributed by atoms with van der Waals surface area (Å²) in [6, 6.07) is 19.3. The second kappa shape index (κ2) is 7.55. The fourth-order valence-corrected chi connectivity index (χ4v) is 3.19. The zero-order chi connectivity index (χ0) is 16.9. The van der Waals surface area contributed by atoms with Gasteiger partial charge in [0.05, 0.1) is 18.5 Å². The van der Waals surface area contributed by atoms with Crippen molar-refractivity contribution in [1.82, 2.24) is 14.9 Å². The summed E-state index contributed by atoms with van der Waals surface area (Å²) in [4.78, 5) is 10.9. The van der Waals surface area contributed by atoms with Gasteiger partial charge in [0, 0.05) is 32.0 Å². The lowest BCUT2D eigenvalue weighted by Crippen LogP contribution is -2.38. The van der Waals surface area contributed by atoms with E-state index in [1.54, 1.807) is 18.6 Å². The summed E-state index contributed by atoms with van der Waals surface area (Å²) in [6.07, 6.45) is 5.22. The van der Waals surface area contributed by atoms with Crippen LogP contribution >= 0.6 is 0 Å². The van der Waals surface area contributed by atoms with Crippen molar-refractivity contribution in [3.63, 3.8) is 0 Å². The van der Waals surface area contributed by atoms with Crippen LogP contribution in [0, 0.1) is 0 Å². The van der Waals surface area contributed by atoms with Gasteiger partial charge in [-0.05, 0) is 16.7 Å². The third kappa shape index (κ3) is 3.92. The molecule has 1 saturated heterocycles. The molecule has 4 nitrogen and oxygen atoms in total. The fraction of sp³-hybridized carbons (Fsp3) is 0.238. The Labute approximate surface area is 148 Å². The third-order valence-electron chi connectivity index (χ3n) is 4.53. The smallest absolute Gasteiger partial charge is 0.114 e. The highest BCUT2D eigenvalue weighted by Crippen LogP contribution is 2.23. The monoisotopic (exact) mass is 331 g/mol. The van der Waals surface area contributed by atoms with Crippen LogP contribution < -0.4 is 0 Å². The molecular weight excluding hydrogens is 310 g/mol. The quantitative estimate of drug-likeness (QED) is 0.730. The molecule has 3 aromatic rings. The molecule has 1 aliphatic rings. The van der Waals surface area contributed by atoms with Crippen molar-refractivity contribution < 1.29 is 4.74 Å². The van der Waals surface area contributed by atoms with Crippen molar-refractivity contribution in [3.8, 4) is 11.1 Å². The van der Waals surface area contributed by atoms with E-state index < -0.39 is 0 Å². The normalized spacial score (nSPS) is 18.2. The largest absolute Gasteiger partial charge is 0.369 e. The minimum atomic E-state index is 0.00559. The summed E-state index contributed by atoms with van der Waals surface area (Å²) in [5.74, 6) is 0. The molecule has 0 unspecified atom stereocenters. The van der Waals surface area contributed by atoms with Gasteiger partial charge < -0.3 is 4.74 Å². The summed E-state index contributed by atoms with van der Waals surface area (Å²) in [5, 5.41) is 0. The lowest BCUT2D eigenvalue weighted by atomic mass is 10.0. The number of ether oxygens (including phenoxy) is 1. The minimum Gasteiger partial charge on any atom is -0.369 e. The van der Waals surface area contributed by atoms with Crippen molar-refractivity contribution in [2.24, 2.45) is 0 Å². The summed E-state index contributed by atoms with van der Waals surface area (Å²) >= 11 is 0. The van der Waals surface area contributed by atoms with E-state index >= 15 is 0 Å². The van der Waals surface area contributed by atoms with Crippen LogP contribution in [0.5, 0.6) is 0 Å². The lowest BCUT2D eigenvalue weighted by molar-refractivity contribution is -0.0351. The van der Waals surface area contributed by atoms with Gasteiger partial charge in [-0.25, -0.2) is 0 Å². The van der Waals surface area contributed by atoms with Gasteiger partial charge in [-0.3, -0.25) is 14.9 Å². The molecule has 126 valence electrons. The van der Waals surface area contributed by atoms with Gasteiger partial charge >= 0.3 is 0 Å². The van der Waals surface area contributed by atoms with Crippen LogP contribution in [-0.2, 0) is 11.3 Å². The van der Waals surface area contributed by atoms with Crippen LogP contribution in [0.1, 0.15) is 17.4 Å². The first-order valence-electron chi connectivity index (χ1n) is 8.63. The summed E-state index contributed by atoms with van der Waals surface area (Å²) < 4.78 is 5.86. The molecule has 0 aliphatic carbocycles. The molecule has 0 spiro atoms. The fourth-order valence-electron chi connectivity index (χ4n) is 3.19. The van der Waals surface area contributed by atoms with Gasteiger partial charge in [0.2, 0.25) is 0 Å². The van der Waals surface area contributed by atoms with E-state index in [9.17, 15) is 0 Å². The standard InChI is InChI=1S/C21H21N3O/c1-2-4-18(5-3-1)19-8-6-17(7-9-19)15-24-12-13-25-21(16-24)20-14-22-10-11-23-20/h1-11,14,21H,12-13,15-16H2/t21-/m0/s1. The number of morpholine rings is 1. The van der Waals surface area contributed by atoms with Crippen LogP contribution in [0.2, 0.25) is 0 Å². The van der Waals surface area contributed by atoms with Crippen molar-refractivity contribution in [1.29, 1.82) is 0 Å². The minimum absolute atomic E-state index is 0.00559. The van der Waals surface area contributed by atoms with Crippen LogP contribution in [0.25, 0.3) is 11.1 Å². The van der Waals surface area contributed by atoms with Crippen molar-refractivity contribution in [2.45, 2.75) is 12.6 Å². The van der Waals surface area contributed by atoms with Gasteiger partial charge in [0.15, 0.2) is 0 Å². The average molecular weight is 331 g/mol. The molecule has 2 heterocycles. The first-order valence-corrected chi connectivity index (χ1v) is 8.63. The Morgan fingerprint density at radius 2 is 1.76 bits per heavy atom. The van der Waals surface area contributed by atoms with Crippen LogP contribution in [0.4, 0.5) is 0 Å². The van der Waals surface area contributed by atoms with Gasteiger partial charge in [-0.2, -0.15) is 0 Å². The zero-order valence-corrected chi connectivity index (χ0v) is 14.1. The zero-order valence-electron chi connectivity index (χ0n) is 14.1. The molecule has 0 radical (unpaired) electrons. The maximum absolute atomic E-state index is 5.86. The van der Waals surface area contributed by atoms with E-state index in [-0.39, 0.29) is 6.10 Å². The van der Waals surface area contributed by atoms with Crippen molar-refractivity contribution >= 4 is 0 Å². The average Bonchev–Trinajstić information content (AvgIpc) is 2.70. The van der Waals surface area contributed by atoms with Crippen molar-refractivity contribution in [2.75, 3.05) is 19.7 Å². The van der Waals surface area contributed by atoms with Gasteiger partial charge in [-0.15, -0.1) is 0 Å². The van der Waals surface area contributed by atoms with Crippen LogP contribution in [-0.4, -0.2) is 34.6 Å². The van der Waals surface area contributed by atoms with E-state index in [1.807, 2.05) is 6.07 Å². The van der Waals surface area contributed by atoms with E-state index in [2.05, 4.69) is 63.4 Å². The summed E-state index contributed by atoms with van der Waals surface area (Å²) in [5.41, 5.74) is 4.73. The first kappa shape index (κ1) is 15.9. The molecule has 0 amide bonds. The number of aromatic nitrogens is 2. The Morgan fingerprint density at radius 3 is 2.52 bits per heavy atom. The predicted molar refractivity (Wildman–Crippen MR) is 97.9 cm³/mol. The third-order valence-corrected chi connectivity index (χ3v) is 4.53. The molecule has 0 saturated carbocycles. The molecule has 1 aromatic heterocycles. The number of benzene rings is 2. The summed E-state index contributed by atoms with van der Waals surface area (Å²) in [6.45, 7) is 3.44. The topological polar surface area (TPSA) is 38.2 Å². The second-order valence-corrected chi connectivity index (χ2v) is 6.29. The van der Waals surface area contributed by atoms with Gasteiger partial charge in [0.1, 0.15) is 6.10 Å². The van der Waals surface area contributed by atoms with E-state index in [0.29, 0.717) is 0 Å². The first-order chi connectivity index (χ1) is 12.4. The Hall–Kier alpha value is -2.56. The van der Waals surface area contributed by atoms with E-state index in [0.717, 1.165) is 31.9 Å². The SMILES string of the molecule is c1ccc(-c2ccc(CN3CCO[C@H](c4cnccn4)C3)cc2)cc1. The molecule has 1 fully saturated rings. The highest BCUT2D eigenvalue weighted by molar-refractivity contribution is 5.63. The molecule has 4 heteroatoms. The number of hydrogen-bond donors (Lipinski definition) is 0. The molecule has 2 aromatic carbocycles. The number of hydrogen-bond acceptors (Lipinski definition) is 4. The molecule has 1 atom stereocenters. The Morgan fingerprint density at radius 1 is 0.960 bits per heavy atom. The molecule has 25 heavy (non-hydrogen) atoms. The van der Waals surface area contributed by atoms with Crippen LogP contribution in [0.3, 0.4) is 0 Å². The maximum Gasteiger partial charge on any atom is 0.114 e. The molecule has 0 N–H and O–H groups in total. The lowest BCUT2D eigenvalue weighted by Gasteiger charge is -2.32. The second-order valence-electron chi connectivity index (χ2n) is 6.29. The Bertz CT molecular complexity index is 790. The number of rotatable bonds is 4. The number of nitrogens with zero attached hydrogens (tertiary/aromatic N) is 3. The van der Waals surface area contributed by atoms with Gasteiger partial charge in [-0.1, -0.05) is 54.6 Å². The Kier molecular flexibility index (Phi) is 4.81. The predicted octanol–water partition coefficient (Wildman–Crippen LogP) is 3.72. The van der Waals surface area contributed by atoms with Gasteiger partial charge in [0.25, 0.3) is 0 Å². The highest BCUT2D eigenvalue weighted by Gasteiger charge is 2.23. The maximum atomic E-state index is 5.86. The molecule has 4 rings (SSSR count). The molecule has 1 aliphatic heterocycles. The summed E-state index contributed by atoms with van der Waals surface area (Å²) in [7, 11) is 0. The van der Waals surface area contributed by atoms with Crippen molar-refractivity contribution in [3.05, 3.63) is 84.4 Å². The van der Waals surface area contributed by atoms with Crippen LogP contribution in [0.15, 0.2) is 73.2 Å². The molecule has 0 bridgehead atoms. The Balaban J connectivity index is 1.42. The molecular formula is C21H21N3O. The van der Waals surface area contributed by atoms with E-state index in [1.165, 1.54) is 16.7 Å². The highest BCUT2D eigenvalue weighted by atomic mass is 16.5. The van der Waals surface area contributed by atoms with E-state index in [4.69, 9.17) is 4.74 Å².